The van der Waals surface area contributed by atoms with Crippen LogP contribution in [0.3, 0.4) is 0 Å². The van der Waals surface area contributed by atoms with Crippen molar-refractivity contribution in [1.29, 1.82) is 0 Å². The summed E-state index contributed by atoms with van der Waals surface area (Å²) in [6, 6.07) is 24.5. The van der Waals surface area contributed by atoms with E-state index in [4.69, 9.17) is 22.1 Å². The molecule has 0 aliphatic rings. The molecule has 0 heterocycles. The highest BCUT2D eigenvalue weighted by molar-refractivity contribution is 6.30. The molecule has 3 rings (SSSR count). The number of rotatable bonds is 6. The monoisotopic (exact) mass is 365 g/mol. The molecular formula is C22H20ClNO2. The Bertz CT molecular complexity index is 863. The lowest BCUT2D eigenvalue weighted by Gasteiger charge is -2.12. The molecule has 3 nitrogen and oxygen atoms in total. The molecule has 0 aromatic heterocycles. The molecule has 132 valence electrons. The minimum absolute atomic E-state index is 0.237. The van der Waals surface area contributed by atoms with E-state index in [0.717, 1.165) is 22.3 Å². The third-order valence-corrected chi connectivity index (χ3v) is 4.33. The van der Waals surface area contributed by atoms with E-state index in [0.29, 0.717) is 11.4 Å². The van der Waals surface area contributed by atoms with Gasteiger partial charge in [0, 0.05) is 5.02 Å². The van der Waals surface area contributed by atoms with Gasteiger partial charge in [-0.3, -0.25) is 4.79 Å². The maximum atomic E-state index is 12.1. The topological polar surface area (TPSA) is 52.3 Å². The van der Waals surface area contributed by atoms with Crippen LogP contribution in [-0.2, 0) is 22.6 Å². The molecule has 26 heavy (non-hydrogen) atoms. The predicted octanol–water partition coefficient (Wildman–Crippen LogP) is 4.62. The first kappa shape index (κ1) is 18.2. The second-order valence-electron chi connectivity index (χ2n) is 6.11. The fourth-order valence-corrected chi connectivity index (χ4v) is 2.86. The Morgan fingerprint density at radius 3 is 2.31 bits per heavy atom. The molecular weight excluding hydrogens is 346 g/mol. The van der Waals surface area contributed by atoms with Crippen LogP contribution < -0.4 is 5.73 Å². The van der Waals surface area contributed by atoms with Gasteiger partial charge in [0.15, 0.2) is 0 Å². The van der Waals surface area contributed by atoms with Crippen LogP contribution in [0.2, 0.25) is 5.02 Å². The summed E-state index contributed by atoms with van der Waals surface area (Å²) >= 11 is 6.04. The SMILES string of the molecule is NC(Cc1ccc(-c2cccc(Cl)c2)cc1)C(=O)OCc1ccccc1. The Hall–Kier alpha value is -2.62. The van der Waals surface area contributed by atoms with E-state index in [9.17, 15) is 4.79 Å². The van der Waals surface area contributed by atoms with Crippen molar-refractivity contribution in [2.24, 2.45) is 5.73 Å². The number of carbonyl (C=O) groups excluding carboxylic acids is 1. The highest BCUT2D eigenvalue weighted by Crippen LogP contribution is 2.23. The molecule has 0 amide bonds. The first-order valence-electron chi connectivity index (χ1n) is 8.43. The van der Waals surface area contributed by atoms with Gasteiger partial charge in [-0.2, -0.15) is 0 Å². The van der Waals surface area contributed by atoms with E-state index in [1.165, 1.54) is 0 Å². The van der Waals surface area contributed by atoms with Gasteiger partial charge in [0.2, 0.25) is 0 Å². The first-order valence-corrected chi connectivity index (χ1v) is 8.80. The third kappa shape index (κ3) is 4.94. The quantitative estimate of drug-likeness (QED) is 0.648. The molecule has 0 spiro atoms. The number of carbonyl (C=O) groups is 1. The zero-order valence-electron chi connectivity index (χ0n) is 14.3. The zero-order chi connectivity index (χ0) is 18.4. The van der Waals surface area contributed by atoms with E-state index in [-0.39, 0.29) is 6.61 Å². The predicted molar refractivity (Wildman–Crippen MR) is 105 cm³/mol. The summed E-state index contributed by atoms with van der Waals surface area (Å²) < 4.78 is 5.29. The third-order valence-electron chi connectivity index (χ3n) is 4.09. The number of benzene rings is 3. The van der Waals surface area contributed by atoms with Crippen molar-refractivity contribution in [3.8, 4) is 11.1 Å². The van der Waals surface area contributed by atoms with E-state index in [2.05, 4.69) is 0 Å². The lowest BCUT2D eigenvalue weighted by molar-refractivity contribution is -0.146. The van der Waals surface area contributed by atoms with Gasteiger partial charge in [-0.25, -0.2) is 0 Å². The first-order chi connectivity index (χ1) is 12.6. The summed E-state index contributed by atoms with van der Waals surface area (Å²) in [5.74, 6) is -0.396. The van der Waals surface area contributed by atoms with Gasteiger partial charge in [-0.15, -0.1) is 0 Å². The molecule has 0 saturated carbocycles. The Balaban J connectivity index is 1.57. The van der Waals surface area contributed by atoms with Gasteiger partial charge >= 0.3 is 5.97 Å². The van der Waals surface area contributed by atoms with Crippen LogP contribution in [0, 0.1) is 0 Å². The van der Waals surface area contributed by atoms with Crippen molar-refractivity contribution in [1.82, 2.24) is 0 Å². The van der Waals surface area contributed by atoms with Crippen molar-refractivity contribution in [3.05, 3.63) is 95.0 Å². The standard InChI is InChI=1S/C22H20ClNO2/c23-20-8-4-7-19(14-20)18-11-9-16(10-12-18)13-21(24)22(25)26-15-17-5-2-1-3-6-17/h1-12,14,21H,13,15,24H2. The van der Waals surface area contributed by atoms with Gasteiger partial charge in [-0.05, 0) is 40.8 Å². The van der Waals surface area contributed by atoms with Crippen LogP contribution in [0.1, 0.15) is 11.1 Å². The van der Waals surface area contributed by atoms with Crippen molar-refractivity contribution in [2.75, 3.05) is 0 Å². The van der Waals surface area contributed by atoms with Crippen LogP contribution in [0.5, 0.6) is 0 Å². The van der Waals surface area contributed by atoms with Crippen LogP contribution in [-0.4, -0.2) is 12.0 Å². The molecule has 0 bridgehead atoms. The fourth-order valence-electron chi connectivity index (χ4n) is 2.67. The molecule has 0 fully saturated rings. The number of halogens is 1. The average molecular weight is 366 g/mol. The zero-order valence-corrected chi connectivity index (χ0v) is 15.0. The number of hydrogen-bond donors (Lipinski definition) is 1. The van der Waals surface area contributed by atoms with Crippen LogP contribution in [0.4, 0.5) is 0 Å². The molecule has 0 aliphatic carbocycles. The average Bonchev–Trinajstić information content (AvgIpc) is 2.67. The highest BCUT2D eigenvalue weighted by atomic mass is 35.5. The van der Waals surface area contributed by atoms with E-state index < -0.39 is 12.0 Å². The van der Waals surface area contributed by atoms with Crippen molar-refractivity contribution in [3.63, 3.8) is 0 Å². The minimum Gasteiger partial charge on any atom is -0.460 e. The Morgan fingerprint density at radius 1 is 0.885 bits per heavy atom. The molecule has 3 aromatic carbocycles. The maximum absolute atomic E-state index is 12.1. The lowest BCUT2D eigenvalue weighted by Crippen LogP contribution is -2.34. The molecule has 1 unspecified atom stereocenters. The molecule has 4 heteroatoms. The van der Waals surface area contributed by atoms with Crippen molar-refractivity contribution in [2.45, 2.75) is 19.1 Å². The summed E-state index contributed by atoms with van der Waals surface area (Å²) in [6.45, 7) is 0.237. The van der Waals surface area contributed by atoms with Crippen molar-refractivity contribution >= 4 is 17.6 Å². The Morgan fingerprint density at radius 2 is 1.62 bits per heavy atom. The summed E-state index contributed by atoms with van der Waals surface area (Å²) in [5.41, 5.74) is 10.0. The normalized spacial score (nSPS) is 11.8. The largest absolute Gasteiger partial charge is 0.460 e. The summed E-state index contributed by atoms with van der Waals surface area (Å²) in [4.78, 5) is 12.1. The smallest absolute Gasteiger partial charge is 0.323 e. The molecule has 0 saturated heterocycles. The van der Waals surface area contributed by atoms with E-state index in [1.807, 2.05) is 78.9 Å². The molecule has 2 N–H and O–H groups in total. The van der Waals surface area contributed by atoms with Gasteiger partial charge in [0.05, 0.1) is 0 Å². The molecule has 0 radical (unpaired) electrons. The second kappa shape index (κ2) is 8.65. The van der Waals surface area contributed by atoms with E-state index in [1.54, 1.807) is 0 Å². The molecule has 1 atom stereocenters. The minimum atomic E-state index is -0.685. The van der Waals surface area contributed by atoms with Crippen LogP contribution in [0.25, 0.3) is 11.1 Å². The highest BCUT2D eigenvalue weighted by Gasteiger charge is 2.16. The van der Waals surface area contributed by atoms with Crippen LogP contribution in [0.15, 0.2) is 78.9 Å². The number of ether oxygens (including phenoxy) is 1. The van der Waals surface area contributed by atoms with Gasteiger partial charge < -0.3 is 10.5 Å². The molecule has 3 aromatic rings. The molecule has 0 aliphatic heterocycles. The van der Waals surface area contributed by atoms with Crippen LogP contribution >= 0.6 is 11.6 Å². The maximum Gasteiger partial charge on any atom is 0.323 e. The Labute approximate surface area is 158 Å². The lowest BCUT2D eigenvalue weighted by atomic mass is 10.0. The summed E-state index contributed by atoms with van der Waals surface area (Å²) in [7, 11) is 0. The fraction of sp³-hybridized carbons (Fsp3) is 0.136. The number of esters is 1. The van der Waals surface area contributed by atoms with Gasteiger partial charge in [0.25, 0.3) is 0 Å². The van der Waals surface area contributed by atoms with Gasteiger partial charge in [-0.1, -0.05) is 78.3 Å². The van der Waals surface area contributed by atoms with E-state index >= 15 is 0 Å². The van der Waals surface area contributed by atoms with Crippen molar-refractivity contribution < 1.29 is 9.53 Å². The number of nitrogens with two attached hydrogens (primary N) is 1. The van der Waals surface area contributed by atoms with Gasteiger partial charge in [0.1, 0.15) is 12.6 Å². The summed E-state index contributed by atoms with van der Waals surface area (Å²) in [6.07, 6.45) is 0.434. The number of hydrogen-bond acceptors (Lipinski definition) is 3. The second-order valence-corrected chi connectivity index (χ2v) is 6.55. The summed E-state index contributed by atoms with van der Waals surface area (Å²) in [5, 5.41) is 0.703. The Kier molecular flexibility index (Phi) is 6.05.